The van der Waals surface area contributed by atoms with E-state index in [1.807, 2.05) is 0 Å². The smallest absolute Gasteiger partial charge is 0.242 e. The first-order valence-corrected chi connectivity index (χ1v) is 8.35. The second kappa shape index (κ2) is 7.05. The van der Waals surface area contributed by atoms with Crippen molar-refractivity contribution in [1.82, 2.24) is 4.72 Å². The van der Waals surface area contributed by atoms with Crippen LogP contribution in [-0.2, 0) is 14.8 Å². The van der Waals surface area contributed by atoms with Gasteiger partial charge in [0.25, 0.3) is 0 Å². The molecule has 1 aliphatic rings. The lowest BCUT2D eigenvalue weighted by Crippen LogP contribution is -2.40. The first kappa shape index (κ1) is 16.0. The number of rotatable bonds is 4. The van der Waals surface area contributed by atoms with Crippen molar-refractivity contribution in [1.29, 1.82) is 0 Å². The number of benzene rings is 1. The maximum absolute atomic E-state index is 12.5. The fourth-order valence-corrected chi connectivity index (χ4v) is 3.75. The van der Waals surface area contributed by atoms with Crippen molar-refractivity contribution in [2.45, 2.75) is 36.8 Å². The van der Waals surface area contributed by atoms with E-state index in [0.29, 0.717) is 12.2 Å². The van der Waals surface area contributed by atoms with Crippen LogP contribution in [0, 0.1) is 11.8 Å². The molecule has 0 bridgehead atoms. The van der Waals surface area contributed by atoms with Crippen molar-refractivity contribution in [3.63, 3.8) is 0 Å². The van der Waals surface area contributed by atoms with Gasteiger partial charge in [-0.2, -0.15) is 0 Å². The Kier molecular flexibility index (Phi) is 5.37. The third-order valence-corrected chi connectivity index (χ3v) is 4.96. The van der Waals surface area contributed by atoms with Gasteiger partial charge in [-0.05, 0) is 31.9 Å². The molecule has 0 amide bonds. The summed E-state index contributed by atoms with van der Waals surface area (Å²) >= 11 is 0. The molecule has 2 N–H and O–H groups in total. The van der Waals surface area contributed by atoms with E-state index in [4.69, 9.17) is 9.84 Å². The predicted octanol–water partition coefficient (Wildman–Crippen LogP) is 0.876. The lowest BCUT2D eigenvalue weighted by atomic mass is 10.1. The highest BCUT2D eigenvalue weighted by atomic mass is 32.2. The zero-order valence-corrected chi connectivity index (χ0v) is 12.7. The number of aliphatic hydroxyl groups is 1. The summed E-state index contributed by atoms with van der Waals surface area (Å²) in [5.41, 5.74) is 0.374. The third-order valence-electron chi connectivity index (χ3n) is 3.34. The normalized spacial score (nSPS) is 19.8. The van der Waals surface area contributed by atoms with Crippen LogP contribution in [0.3, 0.4) is 0 Å². The van der Waals surface area contributed by atoms with Crippen LogP contribution in [0.4, 0.5) is 0 Å². The minimum Gasteiger partial charge on any atom is -0.384 e. The first-order chi connectivity index (χ1) is 10.0. The Hall–Kier alpha value is -1.39. The third kappa shape index (κ3) is 4.05. The van der Waals surface area contributed by atoms with Crippen LogP contribution in [0.15, 0.2) is 29.2 Å². The lowest BCUT2D eigenvalue weighted by Gasteiger charge is -2.20. The minimum absolute atomic E-state index is 0.0875. The van der Waals surface area contributed by atoms with Crippen LogP contribution in [-0.4, -0.2) is 38.9 Å². The molecule has 2 unspecified atom stereocenters. The van der Waals surface area contributed by atoms with Crippen molar-refractivity contribution in [3.05, 3.63) is 29.8 Å². The Bertz CT molecular complexity index is 639. The summed E-state index contributed by atoms with van der Waals surface area (Å²) in [6.07, 6.45) is 1.72. The standard InChI is InChI=1S/C15H19NO4S/c1-12(14-8-5-11-20-14)16-21(18,19)15-9-3-2-6-13(15)7-4-10-17/h2-3,6,9,12,14,16-17H,5,8,10-11H2,1H3. The average Bonchev–Trinajstić information content (AvgIpc) is 2.99. The second-order valence-electron chi connectivity index (χ2n) is 4.92. The summed E-state index contributed by atoms with van der Waals surface area (Å²) in [4.78, 5) is 0.121. The van der Waals surface area contributed by atoms with Gasteiger partial charge in [0.15, 0.2) is 0 Å². The van der Waals surface area contributed by atoms with Crippen molar-refractivity contribution < 1.29 is 18.3 Å². The van der Waals surface area contributed by atoms with Crippen molar-refractivity contribution in [2.24, 2.45) is 0 Å². The molecular formula is C15H19NO4S. The van der Waals surface area contributed by atoms with Crippen LogP contribution in [0.5, 0.6) is 0 Å². The van der Waals surface area contributed by atoms with E-state index >= 15 is 0 Å². The maximum atomic E-state index is 12.5. The van der Waals surface area contributed by atoms with E-state index in [1.165, 1.54) is 6.07 Å². The predicted molar refractivity (Wildman–Crippen MR) is 79.2 cm³/mol. The number of sulfonamides is 1. The van der Waals surface area contributed by atoms with Crippen molar-refractivity contribution in [3.8, 4) is 11.8 Å². The Balaban J connectivity index is 2.23. The molecule has 1 aromatic carbocycles. The molecule has 0 radical (unpaired) electrons. The van der Waals surface area contributed by atoms with Gasteiger partial charge in [0.2, 0.25) is 10.0 Å². The van der Waals surface area contributed by atoms with Crippen molar-refractivity contribution >= 4 is 10.0 Å². The van der Waals surface area contributed by atoms with Crippen LogP contribution in [0.1, 0.15) is 25.3 Å². The van der Waals surface area contributed by atoms with E-state index in [9.17, 15) is 8.42 Å². The summed E-state index contributed by atoms with van der Waals surface area (Å²) in [6, 6.07) is 6.19. The molecule has 0 spiro atoms. The number of hydrogen-bond acceptors (Lipinski definition) is 4. The highest BCUT2D eigenvalue weighted by Gasteiger charge is 2.27. The summed E-state index contributed by atoms with van der Waals surface area (Å²) in [6.45, 7) is 2.17. The average molecular weight is 309 g/mol. The van der Waals surface area contributed by atoms with Gasteiger partial charge in [0.1, 0.15) is 6.61 Å². The molecule has 6 heteroatoms. The van der Waals surface area contributed by atoms with Gasteiger partial charge in [-0.1, -0.05) is 24.0 Å². The number of nitrogens with one attached hydrogen (secondary N) is 1. The summed E-state index contributed by atoms with van der Waals surface area (Å²) < 4.78 is 33.1. The Morgan fingerprint density at radius 3 is 2.90 bits per heavy atom. The zero-order chi connectivity index (χ0) is 15.3. The van der Waals surface area contributed by atoms with Gasteiger partial charge in [-0.25, -0.2) is 13.1 Å². The molecule has 1 fully saturated rings. The number of hydrogen-bond donors (Lipinski definition) is 2. The zero-order valence-electron chi connectivity index (χ0n) is 11.9. The van der Waals surface area contributed by atoms with E-state index in [1.54, 1.807) is 25.1 Å². The highest BCUT2D eigenvalue weighted by Crippen LogP contribution is 2.19. The molecule has 2 atom stereocenters. The summed E-state index contributed by atoms with van der Waals surface area (Å²) in [5.74, 6) is 5.14. The van der Waals surface area contributed by atoms with E-state index in [0.717, 1.165) is 12.8 Å². The van der Waals surface area contributed by atoms with Crippen LogP contribution in [0.25, 0.3) is 0 Å². The molecule has 1 saturated heterocycles. The molecule has 0 saturated carbocycles. The second-order valence-corrected chi connectivity index (χ2v) is 6.60. The van der Waals surface area contributed by atoms with Crippen LogP contribution >= 0.6 is 0 Å². The molecule has 2 rings (SSSR count). The minimum atomic E-state index is -3.67. The van der Waals surface area contributed by atoms with Gasteiger partial charge < -0.3 is 9.84 Å². The summed E-state index contributed by atoms with van der Waals surface area (Å²) in [5, 5.41) is 8.76. The Labute approximate surface area is 125 Å². The van der Waals surface area contributed by atoms with E-state index in [-0.39, 0.29) is 23.6 Å². The molecular weight excluding hydrogens is 290 g/mol. The van der Waals surface area contributed by atoms with Crippen LogP contribution in [0.2, 0.25) is 0 Å². The van der Waals surface area contributed by atoms with Gasteiger partial charge in [0.05, 0.1) is 11.0 Å². The molecule has 1 aliphatic heterocycles. The monoisotopic (exact) mass is 309 g/mol. The van der Waals surface area contributed by atoms with E-state index < -0.39 is 10.0 Å². The van der Waals surface area contributed by atoms with Gasteiger partial charge >= 0.3 is 0 Å². The fourth-order valence-electron chi connectivity index (χ4n) is 2.32. The maximum Gasteiger partial charge on any atom is 0.242 e. The molecule has 1 aromatic rings. The summed E-state index contributed by atoms with van der Waals surface area (Å²) in [7, 11) is -3.67. The highest BCUT2D eigenvalue weighted by molar-refractivity contribution is 7.89. The quantitative estimate of drug-likeness (QED) is 0.810. The topological polar surface area (TPSA) is 75.6 Å². The molecule has 21 heavy (non-hydrogen) atoms. The van der Waals surface area contributed by atoms with Gasteiger partial charge in [0, 0.05) is 18.2 Å². The molecule has 5 nitrogen and oxygen atoms in total. The Morgan fingerprint density at radius 2 is 2.24 bits per heavy atom. The SMILES string of the molecule is CC(NS(=O)(=O)c1ccccc1C#CCO)C1CCCO1. The van der Waals surface area contributed by atoms with Crippen molar-refractivity contribution in [2.75, 3.05) is 13.2 Å². The molecule has 1 heterocycles. The first-order valence-electron chi connectivity index (χ1n) is 6.87. The number of ether oxygens (including phenoxy) is 1. The molecule has 0 aliphatic carbocycles. The van der Waals surface area contributed by atoms with E-state index in [2.05, 4.69) is 16.6 Å². The largest absolute Gasteiger partial charge is 0.384 e. The Morgan fingerprint density at radius 1 is 1.48 bits per heavy atom. The number of aliphatic hydroxyl groups excluding tert-OH is 1. The van der Waals surface area contributed by atoms with Crippen LogP contribution < -0.4 is 4.72 Å². The molecule has 114 valence electrons. The van der Waals surface area contributed by atoms with Gasteiger partial charge in [-0.3, -0.25) is 0 Å². The lowest BCUT2D eigenvalue weighted by molar-refractivity contribution is 0.0902. The molecule has 0 aromatic heterocycles. The fraction of sp³-hybridized carbons (Fsp3) is 0.467. The van der Waals surface area contributed by atoms with Gasteiger partial charge in [-0.15, -0.1) is 0 Å².